The lowest BCUT2D eigenvalue weighted by molar-refractivity contribution is -0.122. The van der Waals surface area contributed by atoms with E-state index >= 15 is 0 Å². The van der Waals surface area contributed by atoms with Crippen LogP contribution in [0.5, 0.6) is 0 Å². The Morgan fingerprint density at radius 3 is 2.12 bits per heavy atom. The van der Waals surface area contributed by atoms with Crippen LogP contribution in [0.1, 0.15) is 17.0 Å². The lowest BCUT2D eigenvalue weighted by Crippen LogP contribution is -2.54. The predicted octanol–water partition coefficient (Wildman–Crippen LogP) is 3.06. The van der Waals surface area contributed by atoms with E-state index in [-0.39, 0.29) is 16.2 Å². The second-order valence-electron chi connectivity index (χ2n) is 7.64. The minimum absolute atomic E-state index is 0.0162. The molecule has 34 heavy (non-hydrogen) atoms. The Hall–Kier alpha value is -3.73. The Labute approximate surface area is 200 Å². The first-order valence-corrected chi connectivity index (χ1v) is 11.9. The Balaban J connectivity index is 1.73. The minimum Gasteiger partial charge on any atom is -0.318 e. The molecule has 0 aliphatic carbocycles. The van der Waals surface area contributed by atoms with E-state index in [4.69, 9.17) is 16.7 Å². The number of nitrogens with zero attached hydrogens (tertiary/aromatic N) is 2. The summed E-state index contributed by atoms with van der Waals surface area (Å²) < 4.78 is 24.9. The van der Waals surface area contributed by atoms with E-state index in [1.54, 1.807) is 25.1 Å². The molecule has 0 radical (unpaired) electrons. The molecule has 3 N–H and O–H groups in total. The second kappa shape index (κ2) is 8.56. The number of barbiturate groups is 1. The van der Waals surface area contributed by atoms with Gasteiger partial charge in [0.1, 0.15) is 5.57 Å². The highest BCUT2D eigenvalue weighted by atomic mass is 35.5. The number of imide groups is 2. The molecule has 1 aliphatic rings. The SMILES string of the molecule is Cc1cc(/C=C2\C(=O)NC(=O)N(c3ccc(Cl)cc3)C2=O)c(C)n1-c1ccc(S(N)(=O)=O)cc1. The number of urea groups is 1. The predicted molar refractivity (Wildman–Crippen MR) is 127 cm³/mol. The highest BCUT2D eigenvalue weighted by Gasteiger charge is 2.37. The highest BCUT2D eigenvalue weighted by molar-refractivity contribution is 7.89. The quantitative estimate of drug-likeness (QED) is 0.421. The van der Waals surface area contributed by atoms with Gasteiger partial charge in [-0.05, 0) is 80.1 Å². The number of carbonyl (C=O) groups is 3. The van der Waals surface area contributed by atoms with Crippen LogP contribution in [0.2, 0.25) is 5.02 Å². The maximum absolute atomic E-state index is 13.1. The number of halogens is 1. The summed E-state index contributed by atoms with van der Waals surface area (Å²) in [5.41, 5.74) is 2.79. The highest BCUT2D eigenvalue weighted by Crippen LogP contribution is 2.27. The number of aryl methyl sites for hydroxylation is 1. The molecule has 0 unspecified atom stereocenters. The standard InChI is InChI=1S/C23H19ClN4O5S/c1-13-11-15(14(2)27(13)17-7-9-19(10-8-17)34(25,32)33)12-20-21(29)26-23(31)28(22(20)30)18-5-3-16(24)4-6-18/h3-12H,1-2H3,(H2,25,32,33)(H,26,29,31)/b20-12+. The molecule has 0 atom stereocenters. The van der Waals surface area contributed by atoms with E-state index in [0.29, 0.717) is 22.0 Å². The van der Waals surface area contributed by atoms with E-state index in [0.717, 1.165) is 10.6 Å². The van der Waals surface area contributed by atoms with Crippen LogP contribution in [-0.4, -0.2) is 30.8 Å². The molecule has 1 fully saturated rings. The van der Waals surface area contributed by atoms with Crippen molar-refractivity contribution in [2.24, 2.45) is 5.14 Å². The molecule has 2 heterocycles. The first kappa shape index (κ1) is 23.4. The van der Waals surface area contributed by atoms with Gasteiger partial charge in [0.25, 0.3) is 11.8 Å². The summed E-state index contributed by atoms with van der Waals surface area (Å²) in [6.45, 7) is 3.62. The van der Waals surface area contributed by atoms with Crippen molar-refractivity contribution in [3.8, 4) is 5.69 Å². The summed E-state index contributed by atoms with van der Waals surface area (Å²) in [5, 5.41) is 7.79. The van der Waals surface area contributed by atoms with Crippen molar-refractivity contribution < 1.29 is 22.8 Å². The van der Waals surface area contributed by atoms with Crippen LogP contribution in [0.25, 0.3) is 11.8 Å². The number of nitrogens with two attached hydrogens (primary N) is 1. The number of benzene rings is 2. The third-order valence-electron chi connectivity index (χ3n) is 5.38. The van der Waals surface area contributed by atoms with E-state index < -0.39 is 27.9 Å². The molecule has 1 aliphatic heterocycles. The smallest absolute Gasteiger partial charge is 0.318 e. The molecule has 0 spiro atoms. The van der Waals surface area contributed by atoms with Gasteiger partial charge in [-0.1, -0.05) is 11.6 Å². The second-order valence-corrected chi connectivity index (χ2v) is 9.63. The van der Waals surface area contributed by atoms with Crippen molar-refractivity contribution in [2.45, 2.75) is 18.7 Å². The average Bonchev–Trinajstić information content (AvgIpc) is 3.04. The van der Waals surface area contributed by atoms with Crippen molar-refractivity contribution in [3.63, 3.8) is 0 Å². The molecule has 4 rings (SSSR count). The lowest BCUT2D eigenvalue weighted by Gasteiger charge is -2.26. The Bertz CT molecular complexity index is 1470. The molecule has 9 nitrogen and oxygen atoms in total. The maximum Gasteiger partial charge on any atom is 0.335 e. The fraction of sp³-hybridized carbons (Fsp3) is 0.0870. The van der Waals surface area contributed by atoms with Gasteiger partial charge in [0.05, 0.1) is 10.6 Å². The van der Waals surface area contributed by atoms with Gasteiger partial charge in [0, 0.05) is 22.1 Å². The van der Waals surface area contributed by atoms with Crippen LogP contribution < -0.4 is 15.4 Å². The average molecular weight is 499 g/mol. The van der Waals surface area contributed by atoms with Crippen LogP contribution in [0.4, 0.5) is 10.5 Å². The number of nitrogens with one attached hydrogen (secondary N) is 1. The number of rotatable bonds is 4. The third-order valence-corrected chi connectivity index (χ3v) is 6.56. The molecular weight excluding hydrogens is 480 g/mol. The first-order valence-electron chi connectivity index (χ1n) is 9.96. The molecule has 4 amide bonds. The number of hydrogen-bond acceptors (Lipinski definition) is 5. The van der Waals surface area contributed by atoms with Gasteiger partial charge in [-0.25, -0.2) is 23.3 Å². The zero-order valence-corrected chi connectivity index (χ0v) is 19.6. The van der Waals surface area contributed by atoms with Crippen molar-refractivity contribution in [3.05, 3.63) is 82.1 Å². The summed E-state index contributed by atoms with van der Waals surface area (Å²) in [6, 6.07) is 13.0. The van der Waals surface area contributed by atoms with Crippen molar-refractivity contribution in [1.82, 2.24) is 9.88 Å². The summed E-state index contributed by atoms with van der Waals surface area (Å²) in [6.07, 6.45) is 1.42. The number of sulfonamides is 1. The molecule has 0 saturated carbocycles. The zero-order valence-electron chi connectivity index (χ0n) is 18.1. The van der Waals surface area contributed by atoms with E-state index in [1.165, 1.54) is 42.5 Å². The number of carbonyl (C=O) groups excluding carboxylic acids is 3. The molecule has 0 bridgehead atoms. The largest absolute Gasteiger partial charge is 0.335 e. The van der Waals surface area contributed by atoms with E-state index in [9.17, 15) is 22.8 Å². The van der Waals surface area contributed by atoms with Crippen molar-refractivity contribution >= 4 is 51.2 Å². The van der Waals surface area contributed by atoms with E-state index in [2.05, 4.69) is 5.32 Å². The molecule has 1 aromatic heterocycles. The van der Waals surface area contributed by atoms with Crippen LogP contribution in [0, 0.1) is 13.8 Å². The molecule has 1 saturated heterocycles. The third kappa shape index (κ3) is 4.26. The van der Waals surface area contributed by atoms with Gasteiger partial charge >= 0.3 is 6.03 Å². The monoisotopic (exact) mass is 498 g/mol. The fourth-order valence-corrected chi connectivity index (χ4v) is 4.39. The number of amides is 4. The van der Waals surface area contributed by atoms with Gasteiger partial charge in [-0.3, -0.25) is 14.9 Å². The van der Waals surface area contributed by atoms with E-state index in [1.807, 2.05) is 11.5 Å². The Kier molecular flexibility index (Phi) is 5.90. The van der Waals surface area contributed by atoms with Crippen molar-refractivity contribution in [2.75, 3.05) is 4.90 Å². The molecule has 2 aromatic carbocycles. The molecular formula is C23H19ClN4O5S. The Morgan fingerprint density at radius 1 is 0.941 bits per heavy atom. The topological polar surface area (TPSA) is 132 Å². The van der Waals surface area contributed by atoms with Crippen LogP contribution in [-0.2, 0) is 19.6 Å². The fourth-order valence-electron chi connectivity index (χ4n) is 3.75. The zero-order chi connectivity index (χ0) is 24.8. The number of primary sulfonamides is 1. The van der Waals surface area contributed by atoms with Gasteiger partial charge in [-0.2, -0.15) is 0 Å². The van der Waals surface area contributed by atoms with Gasteiger partial charge in [0.15, 0.2) is 0 Å². The number of aromatic nitrogens is 1. The first-order chi connectivity index (χ1) is 16.0. The normalized spacial score (nSPS) is 15.7. The molecule has 174 valence electrons. The summed E-state index contributed by atoms with van der Waals surface area (Å²) in [7, 11) is -3.82. The van der Waals surface area contributed by atoms with Crippen LogP contribution in [0.15, 0.2) is 65.1 Å². The number of anilines is 1. The van der Waals surface area contributed by atoms with Gasteiger partial charge in [0.2, 0.25) is 10.0 Å². The minimum atomic E-state index is -3.82. The van der Waals surface area contributed by atoms with Crippen LogP contribution >= 0.6 is 11.6 Å². The lowest BCUT2D eigenvalue weighted by atomic mass is 10.1. The Morgan fingerprint density at radius 2 is 1.53 bits per heavy atom. The molecule has 3 aromatic rings. The summed E-state index contributed by atoms with van der Waals surface area (Å²) in [4.78, 5) is 38.8. The maximum atomic E-state index is 13.1. The van der Waals surface area contributed by atoms with Gasteiger partial charge in [-0.15, -0.1) is 0 Å². The number of hydrogen-bond donors (Lipinski definition) is 2. The van der Waals surface area contributed by atoms with Gasteiger partial charge < -0.3 is 4.57 Å². The summed E-state index contributed by atoms with van der Waals surface area (Å²) in [5.74, 6) is -1.57. The van der Waals surface area contributed by atoms with Crippen LogP contribution in [0.3, 0.4) is 0 Å². The van der Waals surface area contributed by atoms with Crippen molar-refractivity contribution in [1.29, 1.82) is 0 Å². The summed E-state index contributed by atoms with van der Waals surface area (Å²) >= 11 is 5.89. The molecule has 11 heteroatoms.